The average Bonchev–Trinajstić information content (AvgIpc) is 2.25. The predicted molar refractivity (Wildman–Crippen MR) is 59.1 cm³/mol. The lowest BCUT2D eigenvalue weighted by Crippen LogP contribution is -2.20. The Kier molecular flexibility index (Phi) is 3.81. The number of carbonyl (C=O) groups is 1. The lowest BCUT2D eigenvalue weighted by atomic mass is 10.6. The number of aromatic nitrogens is 3. The van der Waals surface area contributed by atoms with E-state index in [-0.39, 0.29) is 18.4 Å². The van der Waals surface area contributed by atoms with Crippen LogP contribution in [0.2, 0.25) is 0 Å². The van der Waals surface area contributed by atoms with Gasteiger partial charge in [-0.15, -0.1) is 0 Å². The van der Waals surface area contributed by atoms with Gasteiger partial charge in [-0.3, -0.25) is 4.79 Å². The summed E-state index contributed by atoms with van der Waals surface area (Å²) >= 11 is 0. The number of anilines is 3. The third kappa shape index (κ3) is 3.23. The van der Waals surface area contributed by atoms with Crippen LogP contribution in [0.25, 0.3) is 0 Å². The largest absolute Gasteiger partial charge is 0.468 e. The third-order valence-corrected chi connectivity index (χ3v) is 1.66. The Morgan fingerprint density at radius 2 is 2.12 bits per heavy atom. The molecule has 0 saturated heterocycles. The molecule has 0 amide bonds. The van der Waals surface area contributed by atoms with Gasteiger partial charge >= 0.3 is 5.97 Å². The van der Waals surface area contributed by atoms with Crippen molar-refractivity contribution in [1.82, 2.24) is 15.0 Å². The summed E-state index contributed by atoms with van der Waals surface area (Å²) in [6.07, 6.45) is 0. The Balaban J connectivity index is 2.76. The minimum Gasteiger partial charge on any atom is -0.468 e. The zero-order valence-electron chi connectivity index (χ0n) is 9.39. The monoisotopic (exact) mass is 226 g/mol. The molecule has 1 heterocycles. The topological polar surface area (TPSA) is 106 Å². The number of carbonyl (C=O) groups excluding carboxylic acids is 1. The van der Waals surface area contributed by atoms with E-state index in [1.54, 1.807) is 19.0 Å². The van der Waals surface area contributed by atoms with Crippen LogP contribution in [0.5, 0.6) is 0 Å². The first kappa shape index (κ1) is 12.0. The van der Waals surface area contributed by atoms with Crippen molar-refractivity contribution in [3.05, 3.63) is 0 Å². The molecule has 8 heteroatoms. The molecule has 0 bridgehead atoms. The molecule has 1 rings (SSSR count). The molecule has 0 fully saturated rings. The van der Waals surface area contributed by atoms with Crippen molar-refractivity contribution >= 4 is 23.8 Å². The first-order valence-corrected chi connectivity index (χ1v) is 4.52. The van der Waals surface area contributed by atoms with E-state index in [1.807, 2.05) is 0 Å². The molecule has 0 spiro atoms. The summed E-state index contributed by atoms with van der Waals surface area (Å²) < 4.78 is 4.47. The van der Waals surface area contributed by atoms with Crippen LogP contribution in [0.3, 0.4) is 0 Å². The normalized spacial score (nSPS) is 9.69. The molecular weight excluding hydrogens is 212 g/mol. The Morgan fingerprint density at radius 3 is 2.69 bits per heavy atom. The van der Waals surface area contributed by atoms with Crippen molar-refractivity contribution in [3.8, 4) is 0 Å². The van der Waals surface area contributed by atoms with Crippen molar-refractivity contribution in [2.75, 3.05) is 43.7 Å². The van der Waals surface area contributed by atoms with Crippen molar-refractivity contribution in [2.45, 2.75) is 0 Å². The molecule has 0 radical (unpaired) electrons. The maximum atomic E-state index is 10.9. The number of nitrogens with two attached hydrogens (primary N) is 1. The number of nitrogens with one attached hydrogen (secondary N) is 1. The molecule has 0 aliphatic rings. The zero-order chi connectivity index (χ0) is 12.1. The van der Waals surface area contributed by atoms with Gasteiger partial charge in [-0.25, -0.2) is 0 Å². The maximum Gasteiger partial charge on any atom is 0.325 e. The van der Waals surface area contributed by atoms with Gasteiger partial charge < -0.3 is 20.7 Å². The van der Waals surface area contributed by atoms with E-state index < -0.39 is 5.97 Å². The lowest BCUT2D eigenvalue weighted by Gasteiger charge is -2.11. The van der Waals surface area contributed by atoms with Gasteiger partial charge in [-0.05, 0) is 0 Å². The Labute approximate surface area is 92.8 Å². The molecule has 0 aliphatic carbocycles. The van der Waals surface area contributed by atoms with Gasteiger partial charge in [-0.2, -0.15) is 15.0 Å². The van der Waals surface area contributed by atoms with Crippen molar-refractivity contribution in [3.63, 3.8) is 0 Å². The minimum atomic E-state index is -0.412. The molecular formula is C8H14N6O2. The van der Waals surface area contributed by atoms with Crippen LogP contribution in [-0.4, -0.2) is 48.7 Å². The van der Waals surface area contributed by atoms with E-state index in [1.165, 1.54) is 7.11 Å². The van der Waals surface area contributed by atoms with Gasteiger partial charge in [0.15, 0.2) is 0 Å². The Bertz CT molecular complexity index is 381. The SMILES string of the molecule is COC(=O)CNc1nc(N)nc(N(C)C)n1. The molecule has 0 unspecified atom stereocenters. The zero-order valence-corrected chi connectivity index (χ0v) is 9.39. The number of hydrogen-bond donors (Lipinski definition) is 2. The molecule has 8 nitrogen and oxygen atoms in total. The second kappa shape index (κ2) is 5.10. The second-order valence-corrected chi connectivity index (χ2v) is 3.14. The van der Waals surface area contributed by atoms with Gasteiger partial charge in [-0.1, -0.05) is 0 Å². The van der Waals surface area contributed by atoms with Gasteiger partial charge in [0.1, 0.15) is 6.54 Å². The highest BCUT2D eigenvalue weighted by molar-refractivity contribution is 5.74. The van der Waals surface area contributed by atoms with Crippen molar-refractivity contribution in [2.24, 2.45) is 0 Å². The molecule has 0 aromatic carbocycles. The molecule has 1 aromatic rings. The number of nitrogen functional groups attached to an aromatic ring is 1. The number of hydrogen-bond acceptors (Lipinski definition) is 8. The fourth-order valence-corrected chi connectivity index (χ4v) is 0.883. The van der Waals surface area contributed by atoms with Crippen LogP contribution < -0.4 is 16.0 Å². The molecule has 0 atom stereocenters. The van der Waals surface area contributed by atoms with Crippen LogP contribution in [0.15, 0.2) is 0 Å². The predicted octanol–water partition coefficient (Wildman–Crippen LogP) is -0.895. The molecule has 16 heavy (non-hydrogen) atoms. The highest BCUT2D eigenvalue weighted by Crippen LogP contribution is 2.08. The van der Waals surface area contributed by atoms with Crippen LogP contribution in [0.4, 0.5) is 17.8 Å². The summed E-state index contributed by atoms with van der Waals surface area (Å²) in [6, 6.07) is 0. The summed E-state index contributed by atoms with van der Waals surface area (Å²) in [6.45, 7) is -0.0210. The van der Waals surface area contributed by atoms with Crippen LogP contribution in [-0.2, 0) is 9.53 Å². The number of ether oxygens (including phenoxy) is 1. The first-order valence-electron chi connectivity index (χ1n) is 4.52. The molecule has 3 N–H and O–H groups in total. The molecule has 0 saturated carbocycles. The third-order valence-electron chi connectivity index (χ3n) is 1.66. The van der Waals surface area contributed by atoms with E-state index in [0.29, 0.717) is 5.95 Å². The van der Waals surface area contributed by atoms with E-state index >= 15 is 0 Å². The summed E-state index contributed by atoms with van der Waals surface area (Å²) in [5.41, 5.74) is 5.49. The Hall–Kier alpha value is -2.12. The Morgan fingerprint density at radius 1 is 1.44 bits per heavy atom. The van der Waals surface area contributed by atoms with Crippen LogP contribution in [0, 0.1) is 0 Å². The summed E-state index contributed by atoms with van der Waals surface area (Å²) in [7, 11) is 4.86. The van der Waals surface area contributed by atoms with E-state index in [9.17, 15) is 4.79 Å². The molecule has 88 valence electrons. The highest BCUT2D eigenvalue weighted by Gasteiger charge is 2.07. The average molecular weight is 226 g/mol. The van der Waals surface area contributed by atoms with E-state index in [4.69, 9.17) is 5.73 Å². The number of methoxy groups -OCH3 is 1. The number of nitrogens with zero attached hydrogens (tertiary/aromatic N) is 4. The first-order chi connectivity index (χ1) is 7.52. The van der Waals surface area contributed by atoms with Gasteiger partial charge in [0, 0.05) is 14.1 Å². The van der Waals surface area contributed by atoms with Gasteiger partial charge in [0.05, 0.1) is 7.11 Å². The lowest BCUT2D eigenvalue weighted by molar-refractivity contribution is -0.138. The maximum absolute atomic E-state index is 10.9. The van der Waals surface area contributed by atoms with E-state index in [2.05, 4.69) is 25.0 Å². The van der Waals surface area contributed by atoms with E-state index in [0.717, 1.165) is 0 Å². The van der Waals surface area contributed by atoms with Crippen LogP contribution >= 0.6 is 0 Å². The standard InChI is InChI=1S/C8H14N6O2/c1-14(2)8-12-6(9)11-7(13-8)10-4-5(15)16-3/h4H2,1-3H3,(H3,9,10,11,12,13). The highest BCUT2D eigenvalue weighted by atomic mass is 16.5. The summed E-state index contributed by atoms with van der Waals surface area (Å²) in [5, 5.41) is 2.69. The smallest absolute Gasteiger partial charge is 0.325 e. The van der Waals surface area contributed by atoms with Gasteiger partial charge in [0.25, 0.3) is 0 Å². The summed E-state index contributed by atoms with van der Waals surface area (Å²) in [5.74, 6) is 0.331. The quantitative estimate of drug-likeness (QED) is 0.636. The molecule has 1 aromatic heterocycles. The van der Waals surface area contributed by atoms with Crippen molar-refractivity contribution < 1.29 is 9.53 Å². The number of esters is 1. The minimum absolute atomic E-state index is 0.0210. The summed E-state index contributed by atoms with van der Waals surface area (Å²) in [4.78, 5) is 24.4. The van der Waals surface area contributed by atoms with Gasteiger partial charge in [0.2, 0.25) is 17.8 Å². The fraction of sp³-hybridized carbons (Fsp3) is 0.500. The van der Waals surface area contributed by atoms with Crippen LogP contribution in [0.1, 0.15) is 0 Å². The fourth-order valence-electron chi connectivity index (χ4n) is 0.883. The second-order valence-electron chi connectivity index (χ2n) is 3.14. The van der Waals surface area contributed by atoms with Crippen molar-refractivity contribution in [1.29, 1.82) is 0 Å². The molecule has 0 aliphatic heterocycles. The number of rotatable bonds is 4.